The second kappa shape index (κ2) is 12.7. The van der Waals surface area contributed by atoms with Crippen molar-refractivity contribution in [2.75, 3.05) is 0 Å². The highest BCUT2D eigenvalue weighted by molar-refractivity contribution is 4.96. The zero-order valence-electron chi connectivity index (χ0n) is 9.65. The molecule has 82 valence electrons. The molecule has 0 aromatic carbocycles. The van der Waals surface area contributed by atoms with Gasteiger partial charge in [0.05, 0.1) is 6.07 Å². The fourth-order valence-corrected chi connectivity index (χ4v) is 1.17. The Morgan fingerprint density at radius 1 is 0.933 bits per heavy atom. The molecule has 0 N–H and O–H groups in total. The molecule has 0 unspecified atom stereocenters. The molecule has 0 aromatic rings. The van der Waals surface area contributed by atoms with Gasteiger partial charge in [-0.3, -0.25) is 0 Å². The van der Waals surface area contributed by atoms with Crippen LogP contribution in [0.4, 0.5) is 0 Å². The molecule has 0 aromatic heterocycles. The molecule has 0 aliphatic carbocycles. The van der Waals surface area contributed by atoms with Crippen molar-refractivity contribution in [3.05, 3.63) is 36.5 Å². The normalized spacial score (nSPS) is 11.7. The lowest BCUT2D eigenvalue weighted by molar-refractivity contribution is 0.767. The molecule has 0 saturated heterocycles. The third-order valence-corrected chi connectivity index (χ3v) is 2.02. The molecule has 0 aliphatic rings. The van der Waals surface area contributed by atoms with E-state index in [1.807, 2.05) is 6.92 Å². The summed E-state index contributed by atoms with van der Waals surface area (Å²) in [6.45, 7) is 2.04. The zero-order chi connectivity index (χ0) is 11.2. The molecule has 0 atom stereocenters. The van der Waals surface area contributed by atoms with Crippen LogP contribution in [-0.2, 0) is 0 Å². The number of rotatable bonds is 8. The molecule has 0 amide bonds. The highest BCUT2D eigenvalue weighted by atomic mass is 14.2. The van der Waals surface area contributed by atoms with Crippen LogP contribution in [-0.4, -0.2) is 0 Å². The number of hydrogen-bond acceptors (Lipinski definition) is 1. The van der Waals surface area contributed by atoms with E-state index in [0.717, 1.165) is 32.1 Å². The van der Waals surface area contributed by atoms with E-state index >= 15 is 0 Å². The van der Waals surface area contributed by atoms with Crippen molar-refractivity contribution >= 4 is 0 Å². The summed E-state index contributed by atoms with van der Waals surface area (Å²) in [5, 5.41) is 8.33. The van der Waals surface area contributed by atoms with Crippen LogP contribution in [0.25, 0.3) is 0 Å². The van der Waals surface area contributed by atoms with E-state index in [1.54, 1.807) is 0 Å². The number of allylic oxidation sites excluding steroid dienone is 6. The molecule has 0 heterocycles. The second-order valence-corrected chi connectivity index (χ2v) is 3.39. The molecule has 0 bridgehead atoms. The van der Waals surface area contributed by atoms with Crippen molar-refractivity contribution in [1.29, 1.82) is 5.26 Å². The van der Waals surface area contributed by atoms with Gasteiger partial charge < -0.3 is 0 Å². The molecule has 0 saturated carbocycles. The number of nitrogens with zero attached hydrogens (tertiary/aromatic N) is 1. The maximum absolute atomic E-state index is 8.33. The van der Waals surface area contributed by atoms with Crippen LogP contribution in [0.3, 0.4) is 0 Å². The summed E-state index contributed by atoms with van der Waals surface area (Å²) >= 11 is 0. The first kappa shape index (κ1) is 13.7. The first-order valence-electron chi connectivity index (χ1n) is 5.70. The van der Waals surface area contributed by atoms with Gasteiger partial charge in [0.15, 0.2) is 0 Å². The number of unbranched alkanes of at least 4 members (excludes halogenated alkanes) is 3. The molecule has 15 heavy (non-hydrogen) atoms. The van der Waals surface area contributed by atoms with Gasteiger partial charge in [-0.05, 0) is 39.0 Å². The second-order valence-electron chi connectivity index (χ2n) is 3.39. The van der Waals surface area contributed by atoms with Crippen molar-refractivity contribution in [3.8, 4) is 6.07 Å². The number of hydrogen-bond donors (Lipinski definition) is 0. The molecule has 1 nitrogen and oxygen atoms in total. The summed E-state index contributed by atoms with van der Waals surface area (Å²) in [5.74, 6) is 0. The maximum Gasteiger partial charge on any atom is 0.0621 e. The summed E-state index contributed by atoms with van der Waals surface area (Å²) in [6.07, 6.45) is 19.0. The van der Waals surface area contributed by atoms with Crippen molar-refractivity contribution in [2.24, 2.45) is 0 Å². The topological polar surface area (TPSA) is 23.8 Å². The average Bonchev–Trinajstić information content (AvgIpc) is 2.26. The van der Waals surface area contributed by atoms with Crippen LogP contribution >= 0.6 is 0 Å². The lowest BCUT2D eigenvalue weighted by Gasteiger charge is -1.89. The summed E-state index contributed by atoms with van der Waals surface area (Å²) in [4.78, 5) is 0. The highest BCUT2D eigenvalue weighted by Crippen LogP contribution is 2.00. The Morgan fingerprint density at radius 3 is 2.27 bits per heavy atom. The third kappa shape index (κ3) is 12.7. The molecular weight excluding hydrogens is 182 g/mol. The minimum absolute atomic E-state index is 0.692. The van der Waals surface area contributed by atoms with Gasteiger partial charge in [0.2, 0.25) is 0 Å². The molecule has 0 rings (SSSR count). The Bertz CT molecular complexity index is 241. The van der Waals surface area contributed by atoms with E-state index in [2.05, 4.69) is 42.5 Å². The fraction of sp³-hybridized carbons (Fsp3) is 0.500. The van der Waals surface area contributed by atoms with E-state index in [1.165, 1.54) is 0 Å². The predicted octanol–water partition coefficient (Wildman–Crippen LogP) is 4.54. The van der Waals surface area contributed by atoms with Crippen LogP contribution in [0.2, 0.25) is 0 Å². The third-order valence-electron chi connectivity index (χ3n) is 2.02. The lowest BCUT2D eigenvalue weighted by Crippen LogP contribution is -1.71. The van der Waals surface area contributed by atoms with E-state index in [9.17, 15) is 0 Å². The van der Waals surface area contributed by atoms with Gasteiger partial charge in [-0.15, -0.1) is 0 Å². The minimum Gasteiger partial charge on any atom is -0.198 e. The van der Waals surface area contributed by atoms with E-state index in [4.69, 9.17) is 5.26 Å². The monoisotopic (exact) mass is 203 g/mol. The van der Waals surface area contributed by atoms with Gasteiger partial charge in [0.1, 0.15) is 0 Å². The van der Waals surface area contributed by atoms with Gasteiger partial charge >= 0.3 is 0 Å². The van der Waals surface area contributed by atoms with Crippen LogP contribution < -0.4 is 0 Å². The molecule has 1 heteroatoms. The average molecular weight is 203 g/mol. The molecule has 0 spiro atoms. The quantitative estimate of drug-likeness (QED) is 0.419. The van der Waals surface area contributed by atoms with E-state index < -0.39 is 0 Å². The van der Waals surface area contributed by atoms with Crippen LogP contribution in [0.1, 0.15) is 45.4 Å². The van der Waals surface area contributed by atoms with Crippen LogP contribution in [0.5, 0.6) is 0 Å². The zero-order valence-corrected chi connectivity index (χ0v) is 9.65. The number of nitriles is 1. The Balaban J connectivity index is 3.24. The van der Waals surface area contributed by atoms with Gasteiger partial charge in [-0.1, -0.05) is 36.5 Å². The Morgan fingerprint density at radius 2 is 1.60 bits per heavy atom. The smallest absolute Gasteiger partial charge is 0.0621 e. The van der Waals surface area contributed by atoms with Gasteiger partial charge in [-0.25, -0.2) is 0 Å². The Kier molecular flexibility index (Phi) is 11.6. The van der Waals surface area contributed by atoms with Crippen molar-refractivity contribution in [3.63, 3.8) is 0 Å². The maximum atomic E-state index is 8.33. The first-order chi connectivity index (χ1) is 7.41. The summed E-state index contributed by atoms with van der Waals surface area (Å²) < 4.78 is 0. The van der Waals surface area contributed by atoms with Crippen LogP contribution in [0.15, 0.2) is 36.5 Å². The minimum atomic E-state index is 0.692. The summed E-state index contributed by atoms with van der Waals surface area (Å²) in [6, 6.07) is 2.16. The molecule has 0 fully saturated rings. The van der Waals surface area contributed by atoms with Gasteiger partial charge in [0.25, 0.3) is 0 Å². The van der Waals surface area contributed by atoms with Gasteiger partial charge in [0, 0.05) is 6.42 Å². The predicted molar refractivity (Wildman–Crippen MR) is 66.4 cm³/mol. The van der Waals surface area contributed by atoms with Gasteiger partial charge in [-0.2, -0.15) is 5.26 Å². The van der Waals surface area contributed by atoms with E-state index in [-0.39, 0.29) is 0 Å². The fourth-order valence-electron chi connectivity index (χ4n) is 1.17. The molecular formula is C14H21N. The van der Waals surface area contributed by atoms with Crippen molar-refractivity contribution in [1.82, 2.24) is 0 Å². The largest absolute Gasteiger partial charge is 0.198 e. The lowest BCUT2D eigenvalue weighted by atomic mass is 10.2. The standard InChI is InChI=1S/C14H21N/c1-2-3-4-5-6-7-8-9-10-11-12-13-14-15/h2-3,5-6,8-9H,4,7,10-13H2,1H3/b3-2+,6-5+,9-8+. The Labute approximate surface area is 93.8 Å². The highest BCUT2D eigenvalue weighted by Gasteiger charge is 1.83. The molecule has 0 radical (unpaired) electrons. The first-order valence-corrected chi connectivity index (χ1v) is 5.70. The van der Waals surface area contributed by atoms with Crippen molar-refractivity contribution in [2.45, 2.75) is 45.4 Å². The van der Waals surface area contributed by atoms with Crippen molar-refractivity contribution < 1.29 is 0 Å². The van der Waals surface area contributed by atoms with Crippen LogP contribution in [0, 0.1) is 11.3 Å². The summed E-state index contributed by atoms with van der Waals surface area (Å²) in [5.41, 5.74) is 0. The molecule has 0 aliphatic heterocycles. The van der Waals surface area contributed by atoms with E-state index in [0.29, 0.717) is 6.42 Å². The SMILES string of the molecule is C/C=C/C/C=C/C/C=C/CCCCC#N. The summed E-state index contributed by atoms with van der Waals surface area (Å²) in [7, 11) is 0. The Hall–Kier alpha value is -1.29.